The molecular formula is C15H24BrN. The van der Waals surface area contributed by atoms with Crippen LogP contribution in [0.1, 0.15) is 46.6 Å². The highest BCUT2D eigenvalue weighted by Gasteiger charge is 2.24. The van der Waals surface area contributed by atoms with Gasteiger partial charge in [-0.25, -0.2) is 0 Å². The van der Waals surface area contributed by atoms with Crippen LogP contribution in [0, 0.1) is 5.41 Å². The Kier molecular flexibility index (Phi) is 4.79. The van der Waals surface area contributed by atoms with E-state index in [0.717, 1.165) is 13.0 Å². The molecule has 1 aromatic rings. The summed E-state index contributed by atoms with van der Waals surface area (Å²) in [5, 5.41) is 3.64. The van der Waals surface area contributed by atoms with Gasteiger partial charge >= 0.3 is 0 Å². The molecule has 0 bridgehead atoms. The highest BCUT2D eigenvalue weighted by atomic mass is 79.9. The Hall–Kier alpha value is -0.340. The van der Waals surface area contributed by atoms with Gasteiger partial charge in [-0.2, -0.15) is 0 Å². The minimum absolute atomic E-state index is 0.160. The molecule has 0 aromatic heterocycles. The van der Waals surface area contributed by atoms with Crippen molar-refractivity contribution in [2.75, 3.05) is 0 Å². The Morgan fingerprint density at radius 3 is 2.18 bits per heavy atom. The van der Waals surface area contributed by atoms with E-state index in [-0.39, 0.29) is 5.54 Å². The fourth-order valence-electron chi connectivity index (χ4n) is 2.36. The summed E-state index contributed by atoms with van der Waals surface area (Å²) in [4.78, 5) is 0. The number of benzene rings is 1. The van der Waals surface area contributed by atoms with Gasteiger partial charge in [0, 0.05) is 16.6 Å². The first kappa shape index (κ1) is 14.7. The predicted molar refractivity (Wildman–Crippen MR) is 79.1 cm³/mol. The van der Waals surface area contributed by atoms with E-state index < -0.39 is 0 Å². The number of nitrogens with one attached hydrogen (secondary N) is 1. The molecule has 0 radical (unpaired) electrons. The van der Waals surface area contributed by atoms with Crippen LogP contribution in [0.4, 0.5) is 0 Å². The second-order valence-corrected chi connectivity index (χ2v) is 7.42. The van der Waals surface area contributed by atoms with Crippen molar-refractivity contribution in [3.05, 3.63) is 34.3 Å². The molecule has 2 heteroatoms. The van der Waals surface area contributed by atoms with Crippen molar-refractivity contribution in [2.45, 2.75) is 53.1 Å². The zero-order chi connectivity index (χ0) is 13.1. The zero-order valence-corrected chi connectivity index (χ0v) is 13.2. The Labute approximate surface area is 114 Å². The largest absolute Gasteiger partial charge is 0.308 e. The second-order valence-electron chi connectivity index (χ2n) is 6.57. The minimum atomic E-state index is 0.160. The summed E-state index contributed by atoms with van der Waals surface area (Å²) < 4.78 is 1.18. The Morgan fingerprint density at radius 1 is 1.06 bits per heavy atom. The maximum Gasteiger partial charge on any atom is 0.0221 e. The highest BCUT2D eigenvalue weighted by molar-refractivity contribution is 9.10. The third-order valence-electron chi connectivity index (χ3n) is 2.69. The van der Waals surface area contributed by atoms with E-state index in [4.69, 9.17) is 0 Å². The molecule has 0 spiro atoms. The van der Waals surface area contributed by atoms with E-state index in [1.165, 1.54) is 10.0 Å². The van der Waals surface area contributed by atoms with Crippen LogP contribution >= 0.6 is 15.9 Å². The third kappa shape index (κ3) is 5.69. The minimum Gasteiger partial charge on any atom is -0.308 e. The van der Waals surface area contributed by atoms with Gasteiger partial charge in [-0.1, -0.05) is 54.9 Å². The molecule has 0 saturated heterocycles. The molecule has 1 rings (SSSR count). The van der Waals surface area contributed by atoms with Crippen LogP contribution in [0.2, 0.25) is 0 Å². The van der Waals surface area contributed by atoms with Gasteiger partial charge in [0.2, 0.25) is 0 Å². The SMILES string of the molecule is CC(C)(C)CC(C)(C)NCc1ccccc1Br. The summed E-state index contributed by atoms with van der Waals surface area (Å²) in [7, 11) is 0. The molecule has 1 nitrogen and oxygen atoms in total. The fraction of sp³-hybridized carbons (Fsp3) is 0.600. The average molecular weight is 298 g/mol. The molecule has 96 valence electrons. The van der Waals surface area contributed by atoms with Gasteiger partial charge < -0.3 is 5.32 Å². The molecule has 0 atom stereocenters. The van der Waals surface area contributed by atoms with Crippen molar-refractivity contribution >= 4 is 15.9 Å². The van der Waals surface area contributed by atoms with Gasteiger partial charge in [-0.05, 0) is 37.3 Å². The van der Waals surface area contributed by atoms with Crippen molar-refractivity contribution in [2.24, 2.45) is 5.41 Å². The van der Waals surface area contributed by atoms with Crippen molar-refractivity contribution in [3.63, 3.8) is 0 Å². The molecule has 17 heavy (non-hydrogen) atoms. The van der Waals surface area contributed by atoms with E-state index in [9.17, 15) is 0 Å². The fourth-order valence-corrected chi connectivity index (χ4v) is 2.79. The van der Waals surface area contributed by atoms with E-state index in [1.54, 1.807) is 0 Å². The molecule has 0 aliphatic heterocycles. The second kappa shape index (κ2) is 5.53. The topological polar surface area (TPSA) is 12.0 Å². The maximum atomic E-state index is 3.64. The lowest BCUT2D eigenvalue weighted by Crippen LogP contribution is -2.41. The Bertz CT molecular complexity index is 363. The first-order valence-corrected chi connectivity index (χ1v) is 6.97. The van der Waals surface area contributed by atoms with Gasteiger partial charge in [-0.15, -0.1) is 0 Å². The van der Waals surface area contributed by atoms with Crippen LogP contribution in [-0.4, -0.2) is 5.54 Å². The summed E-state index contributed by atoms with van der Waals surface area (Å²) in [6.07, 6.45) is 1.16. The molecule has 0 unspecified atom stereocenters. The first-order chi connectivity index (χ1) is 7.70. The molecular weight excluding hydrogens is 274 g/mol. The van der Waals surface area contributed by atoms with E-state index in [0.29, 0.717) is 5.41 Å². The quantitative estimate of drug-likeness (QED) is 0.845. The van der Waals surface area contributed by atoms with Crippen molar-refractivity contribution < 1.29 is 0 Å². The number of hydrogen-bond acceptors (Lipinski definition) is 1. The lowest BCUT2D eigenvalue weighted by atomic mass is 9.82. The van der Waals surface area contributed by atoms with Crippen LogP contribution in [0.3, 0.4) is 0 Å². The monoisotopic (exact) mass is 297 g/mol. The van der Waals surface area contributed by atoms with Gasteiger partial charge in [0.25, 0.3) is 0 Å². The molecule has 0 saturated carbocycles. The van der Waals surface area contributed by atoms with E-state index >= 15 is 0 Å². The summed E-state index contributed by atoms with van der Waals surface area (Å²) in [6, 6.07) is 8.38. The van der Waals surface area contributed by atoms with Crippen LogP contribution in [0.15, 0.2) is 28.7 Å². The van der Waals surface area contributed by atoms with E-state index in [2.05, 4.69) is 74.1 Å². The smallest absolute Gasteiger partial charge is 0.0221 e. The van der Waals surface area contributed by atoms with Crippen LogP contribution in [0.25, 0.3) is 0 Å². The molecule has 0 aliphatic carbocycles. The lowest BCUT2D eigenvalue weighted by molar-refractivity contribution is 0.240. The van der Waals surface area contributed by atoms with Crippen LogP contribution in [0.5, 0.6) is 0 Å². The molecule has 0 heterocycles. The van der Waals surface area contributed by atoms with Gasteiger partial charge in [0.05, 0.1) is 0 Å². The normalized spacial score (nSPS) is 12.8. The van der Waals surface area contributed by atoms with Crippen LogP contribution < -0.4 is 5.32 Å². The van der Waals surface area contributed by atoms with Gasteiger partial charge in [0.15, 0.2) is 0 Å². The first-order valence-electron chi connectivity index (χ1n) is 6.18. The van der Waals surface area contributed by atoms with Gasteiger partial charge in [0.1, 0.15) is 0 Å². The highest BCUT2D eigenvalue weighted by Crippen LogP contribution is 2.27. The van der Waals surface area contributed by atoms with Crippen molar-refractivity contribution in [3.8, 4) is 0 Å². The van der Waals surface area contributed by atoms with Crippen molar-refractivity contribution in [1.29, 1.82) is 0 Å². The summed E-state index contributed by atoms with van der Waals surface area (Å²) in [5.41, 5.74) is 1.83. The number of rotatable bonds is 4. The summed E-state index contributed by atoms with van der Waals surface area (Å²) in [6.45, 7) is 12.3. The average Bonchev–Trinajstić information content (AvgIpc) is 2.13. The zero-order valence-electron chi connectivity index (χ0n) is 11.6. The van der Waals surface area contributed by atoms with Crippen molar-refractivity contribution in [1.82, 2.24) is 5.32 Å². The Balaban J connectivity index is 2.59. The standard InChI is InChI=1S/C15H24BrN/c1-14(2,3)11-15(4,5)17-10-12-8-6-7-9-13(12)16/h6-9,17H,10-11H2,1-5H3. The molecule has 1 N–H and O–H groups in total. The predicted octanol–water partition coefficient (Wildman–Crippen LogP) is 4.75. The molecule has 0 aliphatic rings. The summed E-state index contributed by atoms with van der Waals surface area (Å²) in [5.74, 6) is 0. The lowest BCUT2D eigenvalue weighted by Gasteiger charge is -2.33. The maximum absolute atomic E-state index is 3.64. The van der Waals surface area contributed by atoms with E-state index in [1.807, 2.05) is 6.07 Å². The third-order valence-corrected chi connectivity index (χ3v) is 3.46. The number of halogens is 1. The summed E-state index contributed by atoms with van der Waals surface area (Å²) >= 11 is 3.59. The molecule has 0 amide bonds. The molecule has 0 fully saturated rings. The number of hydrogen-bond donors (Lipinski definition) is 1. The Morgan fingerprint density at radius 2 is 1.65 bits per heavy atom. The van der Waals surface area contributed by atoms with Crippen LogP contribution in [-0.2, 0) is 6.54 Å². The van der Waals surface area contributed by atoms with Gasteiger partial charge in [-0.3, -0.25) is 0 Å². The molecule has 1 aromatic carbocycles.